The molecule has 0 radical (unpaired) electrons. The fourth-order valence-corrected chi connectivity index (χ4v) is 2.14. The molecule has 1 aromatic heterocycles. The molecule has 0 fully saturated rings. The standard InChI is InChI=1S/C15H15N3O2/c1-8-3-4-9(2)11(5-8)17-12-7-13-14(6-10(12)16)20-15(19)18-13/h3-7,17H,16H2,1-2H3,(H,18,19). The van der Waals surface area contributed by atoms with Gasteiger partial charge in [0.05, 0.1) is 16.9 Å². The van der Waals surface area contributed by atoms with Gasteiger partial charge in [0, 0.05) is 11.8 Å². The lowest BCUT2D eigenvalue weighted by Crippen LogP contribution is -1.98. The maximum Gasteiger partial charge on any atom is 0.417 e. The number of fused-ring (bicyclic) bond motifs is 1. The van der Waals surface area contributed by atoms with Crippen molar-refractivity contribution in [1.82, 2.24) is 4.98 Å². The van der Waals surface area contributed by atoms with Crippen molar-refractivity contribution in [2.24, 2.45) is 0 Å². The summed E-state index contributed by atoms with van der Waals surface area (Å²) in [7, 11) is 0. The van der Waals surface area contributed by atoms with Crippen molar-refractivity contribution in [2.45, 2.75) is 13.8 Å². The molecule has 2 aromatic carbocycles. The van der Waals surface area contributed by atoms with Crippen molar-refractivity contribution in [3.63, 3.8) is 0 Å². The number of nitrogens with two attached hydrogens (primary N) is 1. The summed E-state index contributed by atoms with van der Waals surface area (Å²) in [5, 5.41) is 3.29. The topological polar surface area (TPSA) is 84.0 Å². The fourth-order valence-electron chi connectivity index (χ4n) is 2.14. The molecule has 0 aliphatic carbocycles. The van der Waals surface area contributed by atoms with Crippen LogP contribution in [0.3, 0.4) is 0 Å². The molecule has 5 heteroatoms. The van der Waals surface area contributed by atoms with Crippen LogP contribution in [0.2, 0.25) is 0 Å². The van der Waals surface area contributed by atoms with E-state index in [0.717, 1.165) is 22.5 Å². The first-order chi connectivity index (χ1) is 9.52. The van der Waals surface area contributed by atoms with Gasteiger partial charge in [0.1, 0.15) is 0 Å². The molecule has 0 bridgehead atoms. The summed E-state index contributed by atoms with van der Waals surface area (Å²) >= 11 is 0. The van der Waals surface area contributed by atoms with Crippen LogP contribution in [0.1, 0.15) is 11.1 Å². The van der Waals surface area contributed by atoms with Crippen LogP contribution in [0.5, 0.6) is 0 Å². The first-order valence-corrected chi connectivity index (χ1v) is 6.29. The largest absolute Gasteiger partial charge is 0.417 e. The Hall–Kier alpha value is -2.69. The lowest BCUT2D eigenvalue weighted by Gasteiger charge is -2.12. The average molecular weight is 269 g/mol. The minimum atomic E-state index is -0.483. The van der Waals surface area contributed by atoms with Crippen molar-refractivity contribution in [3.05, 3.63) is 52.0 Å². The van der Waals surface area contributed by atoms with E-state index in [1.54, 1.807) is 12.1 Å². The van der Waals surface area contributed by atoms with Crippen LogP contribution >= 0.6 is 0 Å². The summed E-state index contributed by atoms with van der Waals surface area (Å²) in [4.78, 5) is 13.8. The van der Waals surface area contributed by atoms with Gasteiger partial charge in [0.15, 0.2) is 5.58 Å². The Morgan fingerprint density at radius 2 is 1.95 bits per heavy atom. The third-order valence-electron chi connectivity index (χ3n) is 3.25. The molecule has 0 saturated carbocycles. The molecule has 0 amide bonds. The molecule has 3 rings (SSSR count). The third kappa shape index (κ3) is 2.14. The van der Waals surface area contributed by atoms with Gasteiger partial charge >= 0.3 is 5.76 Å². The Morgan fingerprint density at radius 3 is 2.75 bits per heavy atom. The number of hydrogen-bond donors (Lipinski definition) is 3. The predicted molar refractivity (Wildman–Crippen MR) is 80.4 cm³/mol. The summed E-state index contributed by atoms with van der Waals surface area (Å²) in [6.45, 7) is 4.06. The molecule has 4 N–H and O–H groups in total. The number of aromatic nitrogens is 1. The van der Waals surface area contributed by atoms with Crippen molar-refractivity contribution in [1.29, 1.82) is 0 Å². The fraction of sp³-hybridized carbons (Fsp3) is 0.133. The number of oxazole rings is 1. The van der Waals surface area contributed by atoms with E-state index in [9.17, 15) is 4.79 Å². The molecule has 0 spiro atoms. The molecular weight excluding hydrogens is 254 g/mol. The van der Waals surface area contributed by atoms with Gasteiger partial charge in [0.2, 0.25) is 0 Å². The lowest BCUT2D eigenvalue weighted by molar-refractivity contribution is 0.555. The molecule has 0 unspecified atom stereocenters. The van der Waals surface area contributed by atoms with Crippen LogP contribution in [0.4, 0.5) is 17.1 Å². The van der Waals surface area contributed by atoms with E-state index in [1.165, 1.54) is 0 Å². The monoisotopic (exact) mass is 269 g/mol. The smallest absolute Gasteiger partial charge is 0.408 e. The highest BCUT2D eigenvalue weighted by Gasteiger charge is 2.08. The summed E-state index contributed by atoms with van der Waals surface area (Å²) in [5.41, 5.74) is 11.6. The van der Waals surface area contributed by atoms with Gasteiger partial charge < -0.3 is 15.5 Å². The number of nitrogen functional groups attached to an aromatic ring is 1. The number of rotatable bonds is 2. The third-order valence-corrected chi connectivity index (χ3v) is 3.25. The molecular formula is C15H15N3O2. The summed E-state index contributed by atoms with van der Waals surface area (Å²) < 4.78 is 4.98. The highest BCUT2D eigenvalue weighted by atomic mass is 16.4. The van der Waals surface area contributed by atoms with Crippen molar-refractivity contribution in [3.8, 4) is 0 Å². The zero-order valence-corrected chi connectivity index (χ0v) is 11.3. The van der Waals surface area contributed by atoms with Gasteiger partial charge in [-0.2, -0.15) is 0 Å². The van der Waals surface area contributed by atoms with Gasteiger partial charge in [-0.25, -0.2) is 4.79 Å². The van der Waals surface area contributed by atoms with E-state index in [-0.39, 0.29) is 0 Å². The number of benzene rings is 2. The van der Waals surface area contributed by atoms with Crippen molar-refractivity contribution < 1.29 is 4.42 Å². The maximum atomic E-state index is 11.2. The molecule has 20 heavy (non-hydrogen) atoms. The van der Waals surface area contributed by atoms with Crippen LogP contribution in [-0.2, 0) is 0 Å². The van der Waals surface area contributed by atoms with Crippen LogP contribution in [0.25, 0.3) is 11.1 Å². The first kappa shape index (κ1) is 12.3. The van der Waals surface area contributed by atoms with Gasteiger partial charge in [-0.15, -0.1) is 0 Å². The van der Waals surface area contributed by atoms with E-state index in [1.807, 2.05) is 19.9 Å². The highest BCUT2D eigenvalue weighted by Crippen LogP contribution is 2.29. The van der Waals surface area contributed by atoms with Crippen LogP contribution in [-0.4, -0.2) is 4.98 Å². The SMILES string of the molecule is Cc1ccc(C)c(Nc2cc3[nH]c(=O)oc3cc2N)c1. The molecule has 0 aliphatic heterocycles. The molecule has 0 aliphatic rings. The molecule has 5 nitrogen and oxygen atoms in total. The highest BCUT2D eigenvalue weighted by molar-refractivity contribution is 5.87. The minimum Gasteiger partial charge on any atom is -0.408 e. The number of H-pyrrole nitrogens is 1. The zero-order chi connectivity index (χ0) is 14.3. The van der Waals surface area contributed by atoms with Crippen molar-refractivity contribution in [2.75, 3.05) is 11.1 Å². The first-order valence-electron chi connectivity index (χ1n) is 6.29. The van der Waals surface area contributed by atoms with E-state index in [0.29, 0.717) is 16.8 Å². The summed E-state index contributed by atoms with van der Waals surface area (Å²) in [6, 6.07) is 9.57. The summed E-state index contributed by atoms with van der Waals surface area (Å²) in [5.74, 6) is -0.483. The minimum absolute atomic E-state index is 0.457. The molecule has 1 heterocycles. The Morgan fingerprint density at radius 1 is 1.15 bits per heavy atom. The lowest BCUT2D eigenvalue weighted by atomic mass is 10.1. The number of anilines is 3. The Kier molecular flexibility index (Phi) is 2.75. The van der Waals surface area contributed by atoms with Crippen LogP contribution in [0.15, 0.2) is 39.5 Å². The van der Waals surface area contributed by atoms with E-state index in [2.05, 4.69) is 22.4 Å². The van der Waals surface area contributed by atoms with Crippen molar-refractivity contribution >= 4 is 28.2 Å². The normalized spacial score (nSPS) is 10.9. The molecule has 0 saturated heterocycles. The number of hydrogen-bond acceptors (Lipinski definition) is 4. The zero-order valence-electron chi connectivity index (χ0n) is 11.3. The summed E-state index contributed by atoms with van der Waals surface area (Å²) in [6.07, 6.45) is 0. The van der Waals surface area contributed by atoms with E-state index < -0.39 is 5.76 Å². The molecule has 3 aromatic rings. The van der Waals surface area contributed by atoms with Gasteiger partial charge in [-0.05, 0) is 37.1 Å². The number of aryl methyl sites for hydroxylation is 2. The number of aromatic amines is 1. The van der Waals surface area contributed by atoms with Gasteiger partial charge in [-0.1, -0.05) is 12.1 Å². The van der Waals surface area contributed by atoms with Crippen LogP contribution in [0, 0.1) is 13.8 Å². The molecule has 102 valence electrons. The number of nitrogens with one attached hydrogen (secondary N) is 2. The van der Waals surface area contributed by atoms with Gasteiger partial charge in [-0.3, -0.25) is 4.98 Å². The van der Waals surface area contributed by atoms with Crippen LogP contribution < -0.4 is 16.8 Å². The van der Waals surface area contributed by atoms with Gasteiger partial charge in [0.25, 0.3) is 0 Å². The second kappa shape index (κ2) is 4.45. The second-order valence-corrected chi connectivity index (χ2v) is 4.89. The van der Waals surface area contributed by atoms with E-state index >= 15 is 0 Å². The molecule has 0 atom stereocenters. The Labute approximate surface area is 115 Å². The predicted octanol–water partition coefficient (Wildman–Crippen LogP) is 3.06. The second-order valence-electron chi connectivity index (χ2n) is 4.89. The quantitative estimate of drug-likeness (QED) is 0.624. The average Bonchev–Trinajstić information content (AvgIpc) is 2.73. The Balaban J connectivity index is 2.07. The van der Waals surface area contributed by atoms with E-state index in [4.69, 9.17) is 10.2 Å². The maximum absolute atomic E-state index is 11.2. The Bertz CT molecular complexity index is 846.